The molecule has 0 radical (unpaired) electrons. The number of methoxy groups -OCH3 is 1. The molecule has 40 heavy (non-hydrogen) atoms. The van der Waals surface area contributed by atoms with Crippen LogP contribution in [0.1, 0.15) is 49.5 Å². The minimum Gasteiger partial charge on any atom is -0.471 e. The molecule has 2 heterocycles. The van der Waals surface area contributed by atoms with Crippen LogP contribution in [0.3, 0.4) is 0 Å². The van der Waals surface area contributed by atoms with E-state index in [-0.39, 0.29) is 54.8 Å². The Morgan fingerprint density at radius 3 is 2.52 bits per heavy atom. The van der Waals surface area contributed by atoms with Gasteiger partial charge in [-0.25, -0.2) is 13.6 Å². The Balaban J connectivity index is 0.00000441. The lowest BCUT2D eigenvalue weighted by Crippen LogP contribution is -2.54. The summed E-state index contributed by atoms with van der Waals surface area (Å²) in [5.74, 6) is -2.22. The smallest absolute Gasteiger partial charge is 0.406 e. The number of nitrogens with one attached hydrogen (secondary N) is 2. The summed E-state index contributed by atoms with van der Waals surface area (Å²) in [5.41, 5.74) is -1.07. The van der Waals surface area contributed by atoms with E-state index in [1.54, 1.807) is 18.2 Å². The number of alkyl carbamates (subject to hydrolysis) is 1. The summed E-state index contributed by atoms with van der Waals surface area (Å²) in [6, 6.07) is 7.59. The third kappa shape index (κ3) is 6.31. The van der Waals surface area contributed by atoms with Crippen molar-refractivity contribution in [2.75, 3.05) is 38.2 Å². The van der Waals surface area contributed by atoms with E-state index in [0.29, 0.717) is 23.9 Å². The van der Waals surface area contributed by atoms with Crippen molar-refractivity contribution in [3.8, 4) is 5.75 Å². The van der Waals surface area contributed by atoms with Crippen LogP contribution < -0.4 is 20.3 Å². The number of amides is 3. The first-order valence-corrected chi connectivity index (χ1v) is 13.0. The molecular weight excluding hydrogens is 546 g/mol. The molecule has 2 aliphatic rings. The number of piperidine rings is 1. The van der Waals surface area contributed by atoms with Crippen molar-refractivity contribution in [3.05, 3.63) is 59.2 Å². The molecule has 2 N–H and O–H groups in total. The van der Waals surface area contributed by atoms with Crippen LogP contribution in [0.25, 0.3) is 0 Å². The Kier molecular flexibility index (Phi) is 9.96. The molecule has 9 nitrogen and oxygen atoms in total. The molecule has 2 atom stereocenters. The van der Waals surface area contributed by atoms with Crippen LogP contribution >= 0.6 is 12.4 Å². The molecule has 1 fully saturated rings. The monoisotopic (exact) mass is 580 g/mol. The van der Waals surface area contributed by atoms with Gasteiger partial charge in [0.25, 0.3) is 11.8 Å². The maximum absolute atomic E-state index is 14.1. The van der Waals surface area contributed by atoms with E-state index in [9.17, 15) is 23.2 Å². The number of rotatable bonds is 7. The molecule has 12 heteroatoms. The van der Waals surface area contributed by atoms with Crippen LogP contribution in [-0.2, 0) is 15.1 Å². The first-order chi connectivity index (χ1) is 18.5. The second-order valence-corrected chi connectivity index (χ2v) is 10.2. The van der Waals surface area contributed by atoms with Crippen LogP contribution in [-0.4, -0.2) is 68.2 Å². The number of ether oxygens (including phenoxy) is 2. The van der Waals surface area contributed by atoms with Gasteiger partial charge in [0.1, 0.15) is 17.4 Å². The first kappa shape index (κ1) is 31.1. The number of anilines is 1. The number of hydrogen-bond donors (Lipinski definition) is 2. The quantitative estimate of drug-likeness (QED) is 0.514. The van der Waals surface area contributed by atoms with E-state index in [4.69, 9.17) is 4.74 Å². The van der Waals surface area contributed by atoms with Crippen LogP contribution in [0.5, 0.6) is 5.75 Å². The number of nitrogens with zero attached hydrogens (tertiary/aromatic N) is 2. The molecule has 4 rings (SSSR count). The first-order valence-electron chi connectivity index (χ1n) is 13.0. The van der Waals surface area contributed by atoms with Gasteiger partial charge in [0.2, 0.25) is 5.60 Å². The second kappa shape index (κ2) is 12.8. The maximum Gasteiger partial charge on any atom is 0.406 e. The van der Waals surface area contributed by atoms with Crippen LogP contribution in [0.15, 0.2) is 36.4 Å². The van der Waals surface area contributed by atoms with Gasteiger partial charge in [-0.3, -0.25) is 9.59 Å². The maximum atomic E-state index is 14.1. The predicted molar refractivity (Wildman–Crippen MR) is 148 cm³/mol. The van der Waals surface area contributed by atoms with Gasteiger partial charge in [-0.1, -0.05) is 0 Å². The molecular formula is C28H35ClF2N4O5. The molecule has 2 aromatic rings. The summed E-state index contributed by atoms with van der Waals surface area (Å²) in [5, 5.41) is 5.88. The van der Waals surface area contributed by atoms with Crippen LogP contribution in [0, 0.1) is 11.6 Å². The fourth-order valence-electron chi connectivity index (χ4n) is 5.20. The highest BCUT2D eigenvalue weighted by Gasteiger charge is 2.47. The van der Waals surface area contributed by atoms with Gasteiger partial charge in [0.05, 0.1) is 12.8 Å². The van der Waals surface area contributed by atoms with Gasteiger partial charge >= 0.3 is 6.09 Å². The third-order valence-corrected chi connectivity index (χ3v) is 7.12. The Hall–Kier alpha value is -3.44. The average molecular weight is 581 g/mol. The van der Waals surface area contributed by atoms with Gasteiger partial charge in [0, 0.05) is 48.9 Å². The molecule has 0 unspecified atom stereocenters. The van der Waals surface area contributed by atoms with Crippen molar-refractivity contribution in [2.45, 2.75) is 51.3 Å². The highest BCUT2D eigenvalue weighted by molar-refractivity contribution is 6.05. The fraction of sp³-hybridized carbons (Fsp3) is 0.464. The molecule has 3 amide bonds. The summed E-state index contributed by atoms with van der Waals surface area (Å²) >= 11 is 0. The van der Waals surface area contributed by atoms with Gasteiger partial charge in [-0.2, -0.15) is 0 Å². The normalized spacial score (nSPS) is 20.2. The molecule has 0 aromatic heterocycles. The molecule has 0 saturated carbocycles. The van der Waals surface area contributed by atoms with E-state index in [0.717, 1.165) is 31.5 Å². The largest absolute Gasteiger partial charge is 0.471 e. The number of fused-ring (bicyclic) bond motifs is 1. The summed E-state index contributed by atoms with van der Waals surface area (Å²) < 4.78 is 38.9. The van der Waals surface area contributed by atoms with Crippen molar-refractivity contribution >= 4 is 36.0 Å². The average Bonchev–Trinajstić information content (AvgIpc) is 2.90. The summed E-state index contributed by atoms with van der Waals surface area (Å²) in [7, 11) is 1.22. The molecule has 2 aromatic carbocycles. The fourth-order valence-corrected chi connectivity index (χ4v) is 5.20. The molecule has 0 aliphatic carbocycles. The minimum absolute atomic E-state index is 0. The third-order valence-electron chi connectivity index (χ3n) is 7.12. The van der Waals surface area contributed by atoms with Gasteiger partial charge < -0.3 is 29.9 Å². The van der Waals surface area contributed by atoms with E-state index in [2.05, 4.69) is 15.4 Å². The molecule has 0 bridgehead atoms. The van der Waals surface area contributed by atoms with Gasteiger partial charge in [-0.05, 0) is 70.5 Å². The Bertz CT molecular complexity index is 1240. The highest BCUT2D eigenvalue weighted by atomic mass is 35.5. The topological polar surface area (TPSA) is 100 Å². The number of carbonyl (C=O) groups excluding carboxylic acids is 3. The minimum atomic E-state index is -1.76. The van der Waals surface area contributed by atoms with Crippen molar-refractivity contribution in [2.24, 2.45) is 0 Å². The summed E-state index contributed by atoms with van der Waals surface area (Å²) in [6.45, 7) is 6.99. The number of benzene rings is 2. The zero-order chi connectivity index (χ0) is 28.3. The van der Waals surface area contributed by atoms with Crippen molar-refractivity contribution < 1.29 is 32.6 Å². The van der Waals surface area contributed by atoms with Gasteiger partial charge in [-0.15, -0.1) is 12.4 Å². The zero-order valence-electron chi connectivity index (χ0n) is 23.0. The standard InChI is InChI=1S/C28H34F2N4O5.ClH/c1-17(2)34(22-6-5-9-31-16-22)25(35)18-7-8-24-23(12-18)33(11-10-32-27(37)38-4)26(36)28(3,39-24)19-13-20(29)15-21(30)14-19;/h7-8,12-15,17,22,31H,5-6,9-11,16H2,1-4H3,(H,32,37);1H/t22-,28+;/m1./s1. The van der Waals surface area contributed by atoms with Crippen molar-refractivity contribution in [1.82, 2.24) is 15.5 Å². The predicted octanol–water partition coefficient (Wildman–Crippen LogP) is 3.99. The lowest BCUT2D eigenvalue weighted by atomic mass is 9.91. The number of hydrogen-bond acceptors (Lipinski definition) is 6. The second-order valence-electron chi connectivity index (χ2n) is 10.2. The van der Waals surface area contributed by atoms with Gasteiger partial charge in [0.15, 0.2) is 0 Å². The number of halogens is 3. The highest BCUT2D eigenvalue weighted by Crippen LogP contribution is 2.43. The Morgan fingerprint density at radius 1 is 1.23 bits per heavy atom. The van der Waals surface area contributed by atoms with E-state index in [1.807, 2.05) is 18.7 Å². The molecule has 218 valence electrons. The molecule has 1 saturated heterocycles. The molecule has 2 aliphatic heterocycles. The SMILES string of the molecule is COC(=O)NCCN1C(=O)[C@](C)(c2cc(F)cc(F)c2)Oc2ccc(C(=O)N(C(C)C)[C@@H]3CCCNC3)cc21.Cl. The lowest BCUT2D eigenvalue weighted by Gasteiger charge is -2.41. The van der Waals surface area contributed by atoms with Crippen molar-refractivity contribution in [3.63, 3.8) is 0 Å². The Labute approximate surface area is 238 Å². The zero-order valence-corrected chi connectivity index (χ0v) is 23.8. The molecule has 0 spiro atoms. The van der Waals surface area contributed by atoms with E-state index >= 15 is 0 Å². The van der Waals surface area contributed by atoms with E-state index in [1.165, 1.54) is 18.9 Å². The van der Waals surface area contributed by atoms with Crippen LogP contribution in [0.4, 0.5) is 19.3 Å². The lowest BCUT2D eigenvalue weighted by molar-refractivity contribution is -0.135. The van der Waals surface area contributed by atoms with Crippen molar-refractivity contribution in [1.29, 1.82) is 0 Å². The van der Waals surface area contributed by atoms with E-state index < -0.39 is 29.2 Å². The number of carbonyl (C=O) groups is 3. The Morgan fingerprint density at radius 2 is 1.93 bits per heavy atom. The summed E-state index contributed by atoms with van der Waals surface area (Å²) in [4.78, 5) is 42.4. The van der Waals surface area contributed by atoms with Crippen LogP contribution in [0.2, 0.25) is 0 Å². The summed E-state index contributed by atoms with van der Waals surface area (Å²) in [6.07, 6.45) is 1.18.